The number of aromatic amines is 1. The first-order valence-corrected chi connectivity index (χ1v) is 10.0. The summed E-state index contributed by atoms with van der Waals surface area (Å²) in [5, 5.41) is 16.8. The highest BCUT2D eigenvalue weighted by atomic mass is 32.2. The lowest BCUT2D eigenvalue weighted by molar-refractivity contribution is -0.0862. The quantitative estimate of drug-likeness (QED) is 0.667. The molecule has 0 saturated heterocycles. The fourth-order valence-electron chi connectivity index (χ4n) is 3.59. The van der Waals surface area contributed by atoms with Gasteiger partial charge in [-0.2, -0.15) is 18.4 Å². The van der Waals surface area contributed by atoms with Crippen LogP contribution in [0.1, 0.15) is 36.8 Å². The van der Waals surface area contributed by atoms with Gasteiger partial charge in [-0.25, -0.2) is 8.42 Å². The van der Waals surface area contributed by atoms with Crippen molar-refractivity contribution in [2.24, 2.45) is 5.73 Å². The number of benzene rings is 1. The van der Waals surface area contributed by atoms with E-state index in [0.29, 0.717) is 19.0 Å². The molecule has 1 aliphatic carbocycles. The Kier molecular flexibility index (Phi) is 4.97. The molecule has 2 aromatic rings. The van der Waals surface area contributed by atoms with Crippen molar-refractivity contribution in [3.8, 4) is 6.07 Å². The molecule has 10 heteroatoms. The molecule has 1 fully saturated rings. The highest BCUT2D eigenvalue weighted by Gasteiger charge is 2.38. The van der Waals surface area contributed by atoms with Gasteiger partial charge in [0.15, 0.2) is 9.84 Å². The Morgan fingerprint density at radius 3 is 2.50 bits per heavy atom. The van der Waals surface area contributed by atoms with E-state index in [4.69, 9.17) is 11.1 Å². The van der Waals surface area contributed by atoms with Gasteiger partial charge in [-0.3, -0.25) is 5.41 Å². The first-order valence-electron chi connectivity index (χ1n) is 8.49. The van der Waals surface area contributed by atoms with E-state index in [1.807, 2.05) is 6.07 Å². The van der Waals surface area contributed by atoms with E-state index in [-0.39, 0.29) is 26.9 Å². The van der Waals surface area contributed by atoms with Crippen molar-refractivity contribution in [2.45, 2.75) is 42.0 Å². The maximum absolute atomic E-state index is 13.1. The van der Waals surface area contributed by atoms with Crippen molar-refractivity contribution in [1.29, 1.82) is 10.7 Å². The number of H-pyrrole nitrogens is 1. The number of nitrogens with two attached hydrogens (primary N) is 1. The summed E-state index contributed by atoms with van der Waals surface area (Å²) in [4.78, 5) is 2.45. The van der Waals surface area contributed by atoms with Crippen LogP contribution in [0.2, 0.25) is 0 Å². The number of alkyl halides is 3. The van der Waals surface area contributed by atoms with E-state index in [1.54, 1.807) is 0 Å². The van der Waals surface area contributed by atoms with Crippen molar-refractivity contribution < 1.29 is 21.6 Å². The van der Waals surface area contributed by atoms with Crippen molar-refractivity contribution in [2.75, 3.05) is 0 Å². The Morgan fingerprint density at radius 1 is 1.32 bits per heavy atom. The first kappa shape index (κ1) is 19.9. The molecule has 6 nitrogen and oxygen atoms in total. The molecule has 0 bridgehead atoms. The Bertz CT molecular complexity index is 1120. The number of nitrogens with zero attached hydrogens (tertiary/aromatic N) is 1. The van der Waals surface area contributed by atoms with Crippen LogP contribution in [0.5, 0.6) is 0 Å². The number of fused-ring (bicyclic) bond motifs is 1. The largest absolute Gasteiger partial charge is 0.419 e. The molecule has 1 aliphatic rings. The smallest absolute Gasteiger partial charge is 0.404 e. The second-order valence-corrected chi connectivity index (χ2v) is 8.75. The predicted molar refractivity (Wildman–Crippen MR) is 97.6 cm³/mol. The van der Waals surface area contributed by atoms with E-state index in [0.717, 1.165) is 19.0 Å². The van der Waals surface area contributed by atoms with Gasteiger partial charge >= 0.3 is 6.18 Å². The number of rotatable bonds is 4. The second kappa shape index (κ2) is 6.98. The molecule has 0 radical (unpaired) electrons. The van der Waals surface area contributed by atoms with Crippen LogP contribution in [-0.2, 0) is 9.84 Å². The zero-order valence-electron chi connectivity index (χ0n) is 14.6. The van der Waals surface area contributed by atoms with Crippen LogP contribution in [-0.4, -0.2) is 30.5 Å². The summed E-state index contributed by atoms with van der Waals surface area (Å²) in [6, 6.07) is 4.45. The molecular weight excluding hydrogens is 393 g/mol. The summed E-state index contributed by atoms with van der Waals surface area (Å²) >= 11 is 0. The lowest BCUT2D eigenvalue weighted by atomic mass is 10.0. The van der Waals surface area contributed by atoms with Gasteiger partial charge < -0.3 is 10.7 Å². The number of aromatic nitrogens is 1. The summed E-state index contributed by atoms with van der Waals surface area (Å²) in [5.74, 6) is 0. The normalized spacial score (nSPS) is 16.4. The van der Waals surface area contributed by atoms with E-state index in [1.165, 1.54) is 12.1 Å². The molecule has 0 spiro atoms. The third-order valence-corrected chi connectivity index (χ3v) is 7.31. The number of allylic oxidation sites excluding steroid dienone is 1. The molecule has 1 saturated carbocycles. The van der Waals surface area contributed by atoms with E-state index in [2.05, 4.69) is 4.98 Å². The second-order valence-electron chi connectivity index (χ2n) is 6.58. The van der Waals surface area contributed by atoms with Gasteiger partial charge in [0.05, 0.1) is 27.6 Å². The van der Waals surface area contributed by atoms with Gasteiger partial charge in [0.25, 0.3) is 0 Å². The highest BCUT2D eigenvalue weighted by molar-refractivity contribution is 7.92. The topological polar surface area (TPSA) is 124 Å². The van der Waals surface area contributed by atoms with Crippen molar-refractivity contribution >= 4 is 26.5 Å². The van der Waals surface area contributed by atoms with Crippen LogP contribution in [0.4, 0.5) is 13.2 Å². The Balaban J connectivity index is 2.23. The van der Waals surface area contributed by atoms with Crippen molar-refractivity contribution in [3.63, 3.8) is 0 Å². The van der Waals surface area contributed by atoms with E-state index in [9.17, 15) is 26.9 Å². The molecule has 0 unspecified atom stereocenters. The third-order valence-electron chi connectivity index (χ3n) is 4.97. The average molecular weight is 410 g/mol. The summed E-state index contributed by atoms with van der Waals surface area (Å²) in [6.07, 6.45) is -0.918. The van der Waals surface area contributed by atoms with Gasteiger partial charge in [0, 0.05) is 23.3 Å². The monoisotopic (exact) mass is 410 g/mol. The maximum Gasteiger partial charge on any atom is 0.419 e. The van der Waals surface area contributed by atoms with Crippen LogP contribution >= 0.6 is 0 Å². The van der Waals surface area contributed by atoms with E-state index < -0.39 is 32.5 Å². The summed E-state index contributed by atoms with van der Waals surface area (Å²) in [5.41, 5.74) is 2.66. The zero-order valence-corrected chi connectivity index (χ0v) is 15.4. The average Bonchev–Trinajstić information content (AvgIpc) is 3.29. The van der Waals surface area contributed by atoms with Crippen molar-refractivity contribution in [1.82, 2.24) is 4.98 Å². The van der Waals surface area contributed by atoms with Gasteiger partial charge in [-0.05, 0) is 18.9 Å². The van der Waals surface area contributed by atoms with Crippen molar-refractivity contribution in [3.05, 3.63) is 41.2 Å². The standard InChI is InChI=1S/C18H17F3N4O2S/c19-18(20,21)14(8-23)15(24)13-9-25-16-12(13)6-5-10(7-22)17(16)28(26,27)11-3-1-2-4-11/h5-6,8-9,11,24-25H,1-4,23H2/b14-8+,24-15?. The molecule has 1 heterocycles. The van der Waals surface area contributed by atoms with Crippen LogP contribution in [0.15, 0.2) is 35.0 Å². The number of sulfone groups is 1. The molecule has 0 aliphatic heterocycles. The molecule has 148 valence electrons. The fraction of sp³-hybridized carbons (Fsp3) is 0.333. The van der Waals surface area contributed by atoms with Crippen LogP contribution in [0.25, 0.3) is 10.9 Å². The molecule has 0 amide bonds. The molecule has 4 N–H and O–H groups in total. The summed E-state index contributed by atoms with van der Waals surface area (Å²) in [7, 11) is -3.86. The third kappa shape index (κ3) is 3.16. The first-order chi connectivity index (χ1) is 13.1. The lowest BCUT2D eigenvalue weighted by Crippen LogP contribution is -2.21. The van der Waals surface area contributed by atoms with Crippen LogP contribution < -0.4 is 5.73 Å². The Labute approximate surface area is 159 Å². The van der Waals surface area contributed by atoms with Gasteiger partial charge in [0.2, 0.25) is 0 Å². The van der Waals surface area contributed by atoms with Gasteiger partial charge in [-0.1, -0.05) is 18.9 Å². The minimum absolute atomic E-state index is 0.0317. The van der Waals surface area contributed by atoms with Gasteiger partial charge in [0.1, 0.15) is 11.0 Å². The molecule has 3 rings (SSSR count). The number of halogens is 3. The van der Waals surface area contributed by atoms with E-state index >= 15 is 0 Å². The predicted octanol–water partition coefficient (Wildman–Crippen LogP) is 3.53. The zero-order chi connectivity index (χ0) is 20.7. The Morgan fingerprint density at radius 2 is 1.96 bits per heavy atom. The maximum atomic E-state index is 13.1. The number of hydrogen-bond donors (Lipinski definition) is 3. The fourth-order valence-corrected chi connectivity index (χ4v) is 5.75. The summed E-state index contributed by atoms with van der Waals surface area (Å²) < 4.78 is 65.6. The molecule has 28 heavy (non-hydrogen) atoms. The minimum Gasteiger partial charge on any atom is -0.404 e. The SMILES string of the molecule is N#Cc1ccc2c(C(=N)/C(=C\N)C(F)(F)F)c[nH]c2c1S(=O)(=O)C1CCCC1. The molecule has 0 atom stereocenters. The van der Waals surface area contributed by atoms with Crippen LogP contribution in [0.3, 0.4) is 0 Å². The number of nitriles is 1. The summed E-state index contributed by atoms with van der Waals surface area (Å²) in [6.45, 7) is 0. The number of nitrogens with one attached hydrogen (secondary N) is 2. The lowest BCUT2D eigenvalue weighted by Gasteiger charge is -2.14. The minimum atomic E-state index is -4.83. The number of hydrogen-bond acceptors (Lipinski definition) is 5. The molecule has 1 aromatic carbocycles. The van der Waals surface area contributed by atoms with Gasteiger partial charge in [-0.15, -0.1) is 0 Å². The molecular formula is C18H17F3N4O2S. The van der Waals surface area contributed by atoms with Crippen LogP contribution in [0, 0.1) is 16.7 Å². The molecule has 1 aromatic heterocycles. The Hall–Kier alpha value is -2.80. The highest BCUT2D eigenvalue weighted by Crippen LogP contribution is 2.37.